The molecule has 1 aromatic carbocycles. The highest BCUT2D eigenvalue weighted by atomic mass is 32.1. The van der Waals surface area contributed by atoms with Gasteiger partial charge in [-0.15, -0.1) is 11.3 Å². The van der Waals surface area contributed by atoms with E-state index in [1.54, 1.807) is 0 Å². The molecule has 0 saturated heterocycles. The fourth-order valence-electron chi connectivity index (χ4n) is 4.16. The number of carbonyl (C=O) groups is 2. The van der Waals surface area contributed by atoms with E-state index in [1.807, 2.05) is 47.1 Å². The molecule has 2 aliphatic rings. The zero-order valence-electron chi connectivity index (χ0n) is 21.6. The van der Waals surface area contributed by atoms with Gasteiger partial charge in [-0.2, -0.15) is 13.2 Å². The lowest BCUT2D eigenvalue weighted by atomic mass is 9.99. The van der Waals surface area contributed by atoms with E-state index in [-0.39, 0.29) is 17.8 Å². The summed E-state index contributed by atoms with van der Waals surface area (Å²) in [6.07, 6.45) is 0.752. The van der Waals surface area contributed by atoms with Crippen molar-refractivity contribution in [1.29, 1.82) is 10.8 Å². The molecule has 0 atom stereocenters. The number of halogens is 3. The fraction of sp³-hybridized carbons (Fsp3) is 0.308. The van der Waals surface area contributed by atoms with Crippen LogP contribution in [-0.4, -0.2) is 71.1 Å². The maximum atomic E-state index is 12.9. The highest BCUT2D eigenvalue weighted by molar-refractivity contribution is 7.14. The lowest BCUT2D eigenvalue weighted by Gasteiger charge is -2.26. The summed E-state index contributed by atoms with van der Waals surface area (Å²) in [5.74, 6) is -2.67. The third kappa shape index (κ3) is 7.85. The van der Waals surface area contributed by atoms with Crippen molar-refractivity contribution in [2.45, 2.75) is 25.9 Å². The molecule has 4 rings (SSSR count). The number of carboxylic acid groups (broad SMARTS) is 1. The number of carboxylic acids is 1. The van der Waals surface area contributed by atoms with Crippen molar-refractivity contribution in [3.63, 3.8) is 0 Å². The Morgan fingerprint density at radius 3 is 1.90 bits per heavy atom. The van der Waals surface area contributed by atoms with Crippen molar-refractivity contribution in [3.05, 3.63) is 63.4 Å². The number of guanidine groups is 2. The second kappa shape index (κ2) is 12.7. The first-order valence-electron chi connectivity index (χ1n) is 12.1. The molecule has 0 spiro atoms. The monoisotopic (exact) mass is 577 g/mol. The van der Waals surface area contributed by atoms with Gasteiger partial charge in [0, 0.05) is 36.7 Å². The zero-order chi connectivity index (χ0) is 29.6. The second-order valence-corrected chi connectivity index (χ2v) is 10.3. The molecular weight excluding hydrogens is 547 g/mol. The third-order valence-corrected chi connectivity index (χ3v) is 7.39. The van der Waals surface area contributed by atoms with Crippen LogP contribution in [0.4, 0.5) is 18.9 Å². The van der Waals surface area contributed by atoms with E-state index in [4.69, 9.17) is 32.2 Å². The minimum absolute atomic E-state index is 0.0937. The number of anilines is 1. The van der Waals surface area contributed by atoms with Crippen molar-refractivity contribution in [3.8, 4) is 0 Å². The van der Waals surface area contributed by atoms with E-state index < -0.39 is 12.1 Å². The molecule has 10 nitrogen and oxygen atoms in total. The first kappa shape index (κ1) is 30.2. The quantitative estimate of drug-likeness (QED) is 0.236. The number of aliphatic carboxylic acids is 1. The predicted molar refractivity (Wildman–Crippen MR) is 149 cm³/mol. The van der Waals surface area contributed by atoms with Crippen LogP contribution in [0.25, 0.3) is 11.1 Å². The Morgan fingerprint density at radius 1 is 0.975 bits per heavy atom. The molecule has 1 amide bonds. The summed E-state index contributed by atoms with van der Waals surface area (Å²) in [7, 11) is 0. The lowest BCUT2D eigenvalue weighted by Crippen LogP contribution is -2.39. The van der Waals surface area contributed by atoms with Crippen LogP contribution in [0.3, 0.4) is 0 Å². The maximum Gasteiger partial charge on any atom is 0.490 e. The summed E-state index contributed by atoms with van der Waals surface area (Å²) >= 11 is 1.50. The highest BCUT2D eigenvalue weighted by Gasteiger charge is 2.38. The van der Waals surface area contributed by atoms with Crippen LogP contribution in [0.5, 0.6) is 0 Å². The Balaban J connectivity index is 0.000000559. The molecule has 8 N–H and O–H groups in total. The molecular formula is C26H30F3N7O3S. The Labute approximate surface area is 232 Å². The van der Waals surface area contributed by atoms with Crippen molar-refractivity contribution < 1.29 is 27.9 Å². The summed E-state index contributed by atoms with van der Waals surface area (Å²) in [6.45, 7) is 4.76. The van der Waals surface area contributed by atoms with Crippen molar-refractivity contribution in [2.24, 2.45) is 11.5 Å². The van der Waals surface area contributed by atoms with Crippen LogP contribution >= 0.6 is 11.3 Å². The Bertz CT molecular complexity index is 1350. The molecule has 14 heteroatoms. The van der Waals surface area contributed by atoms with Gasteiger partial charge in [0.2, 0.25) is 0 Å². The largest absolute Gasteiger partial charge is 0.490 e. The lowest BCUT2D eigenvalue weighted by molar-refractivity contribution is -0.192. The van der Waals surface area contributed by atoms with Gasteiger partial charge in [0.1, 0.15) is 0 Å². The summed E-state index contributed by atoms with van der Waals surface area (Å²) in [5, 5.41) is 25.2. The molecule has 1 aromatic heterocycles. The summed E-state index contributed by atoms with van der Waals surface area (Å²) in [4.78, 5) is 27.2. The van der Waals surface area contributed by atoms with Crippen LogP contribution in [0.15, 0.2) is 42.5 Å². The van der Waals surface area contributed by atoms with Crippen molar-refractivity contribution >= 4 is 52.0 Å². The van der Waals surface area contributed by atoms with Crippen LogP contribution in [-0.2, 0) is 4.79 Å². The number of carbonyl (C=O) groups excluding carboxylic acids is 1. The van der Waals surface area contributed by atoms with Gasteiger partial charge >= 0.3 is 12.1 Å². The van der Waals surface area contributed by atoms with E-state index in [0.717, 1.165) is 41.1 Å². The molecule has 3 heterocycles. The number of nitrogens with zero attached hydrogens (tertiary/aromatic N) is 2. The van der Waals surface area contributed by atoms with Gasteiger partial charge in [0.15, 0.2) is 11.9 Å². The molecule has 0 fully saturated rings. The molecule has 2 aliphatic heterocycles. The van der Waals surface area contributed by atoms with Crippen molar-refractivity contribution in [2.75, 3.05) is 31.5 Å². The van der Waals surface area contributed by atoms with Crippen LogP contribution in [0.1, 0.15) is 38.5 Å². The van der Waals surface area contributed by atoms with Gasteiger partial charge in [-0.1, -0.05) is 24.3 Å². The first-order valence-corrected chi connectivity index (χ1v) is 13.0. The number of thiophene rings is 1. The van der Waals surface area contributed by atoms with E-state index in [1.165, 1.54) is 22.5 Å². The van der Waals surface area contributed by atoms with E-state index in [0.29, 0.717) is 24.5 Å². The fourth-order valence-corrected chi connectivity index (χ4v) is 5.11. The smallest absolute Gasteiger partial charge is 0.475 e. The standard InChI is InChI=1S/C24H29N7OS.C2HF3O2/c1-15-20(18-8-12-31(13-9-18)24(27)28)14-21(33-15)22(32)29-19-4-2-16(3-5-19)17-6-10-30(11-7-17)23(25)26;3-2(4,5)1(6)7/h2-6,8,14H,7,9-13H2,1H3,(H3,25,26)(H3,27,28)(H,29,32);(H,6,7). The number of hydrogen-bond donors (Lipinski definition) is 6. The normalized spacial score (nSPS) is 15.3. The average Bonchev–Trinajstić information content (AvgIpc) is 3.30. The van der Waals surface area contributed by atoms with Crippen LogP contribution in [0, 0.1) is 17.7 Å². The number of hydrogen-bond acceptors (Lipinski definition) is 5. The molecule has 0 unspecified atom stereocenters. The van der Waals surface area contributed by atoms with Gasteiger partial charge in [0.05, 0.1) is 4.88 Å². The number of amides is 1. The first-order chi connectivity index (χ1) is 18.8. The number of nitrogens with two attached hydrogens (primary N) is 2. The summed E-state index contributed by atoms with van der Waals surface area (Å²) < 4.78 is 31.7. The summed E-state index contributed by atoms with van der Waals surface area (Å²) in [5.41, 5.74) is 16.5. The van der Waals surface area contributed by atoms with Gasteiger partial charge < -0.3 is 31.7 Å². The molecule has 0 radical (unpaired) electrons. The van der Waals surface area contributed by atoms with Gasteiger partial charge in [-0.05, 0) is 60.2 Å². The van der Waals surface area contributed by atoms with Crippen LogP contribution < -0.4 is 16.8 Å². The number of aryl methyl sites for hydroxylation is 1. The topological polar surface area (TPSA) is 173 Å². The van der Waals surface area contributed by atoms with Crippen molar-refractivity contribution in [1.82, 2.24) is 9.80 Å². The average molecular weight is 578 g/mol. The molecule has 2 aromatic rings. The van der Waals surface area contributed by atoms with Gasteiger partial charge in [-0.3, -0.25) is 15.6 Å². The molecule has 0 bridgehead atoms. The zero-order valence-corrected chi connectivity index (χ0v) is 22.5. The van der Waals surface area contributed by atoms with E-state index >= 15 is 0 Å². The van der Waals surface area contributed by atoms with Crippen LogP contribution in [0.2, 0.25) is 0 Å². The number of alkyl halides is 3. The predicted octanol–water partition coefficient (Wildman–Crippen LogP) is 3.91. The minimum atomic E-state index is -5.08. The maximum absolute atomic E-state index is 12.9. The molecule has 0 saturated carbocycles. The SMILES string of the molecule is Cc1sc(C(=O)Nc2ccc(C3=CCN(C(=N)N)CC3)cc2)cc1C1=CCN(C(=N)N)CC1.O=C(O)C(F)(F)F. The molecule has 214 valence electrons. The minimum Gasteiger partial charge on any atom is -0.475 e. The number of benzene rings is 1. The van der Waals surface area contributed by atoms with E-state index in [2.05, 4.69) is 17.5 Å². The number of rotatable bonds is 4. The van der Waals surface area contributed by atoms with E-state index in [9.17, 15) is 18.0 Å². The summed E-state index contributed by atoms with van der Waals surface area (Å²) in [6, 6.07) is 9.85. The highest BCUT2D eigenvalue weighted by Crippen LogP contribution is 2.32. The third-order valence-electron chi connectivity index (χ3n) is 6.34. The Hall–Kier alpha value is -4.33. The Morgan fingerprint density at radius 2 is 1.48 bits per heavy atom. The number of nitrogens with one attached hydrogen (secondary N) is 3. The second-order valence-electron chi connectivity index (χ2n) is 9.04. The molecule has 40 heavy (non-hydrogen) atoms. The van der Waals surface area contributed by atoms with Gasteiger partial charge in [0.25, 0.3) is 5.91 Å². The van der Waals surface area contributed by atoms with Gasteiger partial charge in [-0.25, -0.2) is 4.79 Å². The molecule has 0 aliphatic carbocycles. The Kier molecular flexibility index (Phi) is 9.58.